The molecule has 0 unspecified atom stereocenters. The minimum Gasteiger partial charge on any atom is -0.321 e. The van der Waals surface area contributed by atoms with Gasteiger partial charge in [0.1, 0.15) is 0 Å². The Morgan fingerprint density at radius 1 is 0.933 bits per heavy atom. The first-order chi connectivity index (χ1) is 14.1. The van der Waals surface area contributed by atoms with Crippen LogP contribution in [0.3, 0.4) is 0 Å². The fourth-order valence-electron chi connectivity index (χ4n) is 2.75. The summed E-state index contributed by atoms with van der Waals surface area (Å²) in [5.74, 6) is -0.361. The highest BCUT2D eigenvalue weighted by Crippen LogP contribution is 2.26. The van der Waals surface area contributed by atoms with E-state index in [-0.39, 0.29) is 12.5 Å². The van der Waals surface area contributed by atoms with Gasteiger partial charge in [-0.15, -0.1) is 0 Å². The molecule has 0 aromatic heterocycles. The zero-order valence-electron chi connectivity index (χ0n) is 15.8. The minimum atomic E-state index is -3.54. The Labute approximate surface area is 190 Å². The van der Waals surface area contributed by atoms with Crippen LogP contribution in [0.15, 0.2) is 66.7 Å². The molecule has 3 aromatic carbocycles. The fraction of sp³-hybridized carbons (Fsp3) is 0.0952. The topological polar surface area (TPSA) is 66.5 Å². The van der Waals surface area contributed by atoms with E-state index in [2.05, 4.69) is 5.32 Å². The SMILES string of the molecule is CS(=O)(=O)N(Cc1ccc(C(=O)Nc2cc(Cl)ccc2Cl)cc1)c1cccc(Cl)c1. The largest absolute Gasteiger partial charge is 0.321 e. The average Bonchev–Trinajstić information content (AvgIpc) is 2.68. The van der Waals surface area contributed by atoms with Gasteiger partial charge in [-0.05, 0) is 54.1 Å². The fourth-order valence-corrected chi connectivity index (χ4v) is 4.15. The second-order valence-electron chi connectivity index (χ2n) is 6.52. The van der Waals surface area contributed by atoms with Crippen molar-refractivity contribution >= 4 is 62.1 Å². The highest BCUT2D eigenvalue weighted by molar-refractivity contribution is 7.92. The van der Waals surface area contributed by atoms with E-state index in [1.54, 1.807) is 66.7 Å². The molecule has 30 heavy (non-hydrogen) atoms. The normalized spacial score (nSPS) is 11.2. The Morgan fingerprint density at radius 3 is 2.23 bits per heavy atom. The molecule has 0 saturated heterocycles. The van der Waals surface area contributed by atoms with Gasteiger partial charge in [-0.25, -0.2) is 8.42 Å². The molecule has 0 aliphatic heterocycles. The second-order valence-corrected chi connectivity index (χ2v) is 9.71. The van der Waals surface area contributed by atoms with Crippen LogP contribution >= 0.6 is 34.8 Å². The Bertz CT molecular complexity index is 1180. The van der Waals surface area contributed by atoms with Gasteiger partial charge in [-0.3, -0.25) is 9.10 Å². The van der Waals surface area contributed by atoms with Crippen molar-refractivity contribution in [3.63, 3.8) is 0 Å². The predicted octanol–water partition coefficient (Wildman–Crippen LogP) is 5.87. The third-order valence-corrected chi connectivity index (χ3v) is 6.16. The molecule has 3 rings (SSSR count). The second kappa shape index (κ2) is 9.27. The zero-order chi connectivity index (χ0) is 21.9. The average molecular weight is 484 g/mol. The molecule has 0 fully saturated rings. The number of nitrogens with one attached hydrogen (secondary N) is 1. The molecule has 5 nitrogen and oxygen atoms in total. The first-order valence-corrected chi connectivity index (χ1v) is 11.7. The number of hydrogen-bond donors (Lipinski definition) is 1. The molecule has 0 spiro atoms. The Hall–Kier alpha value is -2.25. The molecule has 0 aliphatic carbocycles. The molecule has 0 radical (unpaired) electrons. The highest BCUT2D eigenvalue weighted by Gasteiger charge is 2.18. The molecule has 0 bridgehead atoms. The summed E-state index contributed by atoms with van der Waals surface area (Å²) in [6.45, 7) is 0.0984. The number of hydrogen-bond acceptors (Lipinski definition) is 3. The summed E-state index contributed by atoms with van der Waals surface area (Å²) in [7, 11) is -3.54. The summed E-state index contributed by atoms with van der Waals surface area (Å²) < 4.78 is 25.8. The Kier molecular flexibility index (Phi) is 6.93. The van der Waals surface area contributed by atoms with Crippen LogP contribution in [-0.4, -0.2) is 20.6 Å². The van der Waals surface area contributed by atoms with Crippen molar-refractivity contribution in [3.8, 4) is 0 Å². The summed E-state index contributed by atoms with van der Waals surface area (Å²) >= 11 is 18.0. The van der Waals surface area contributed by atoms with E-state index >= 15 is 0 Å². The lowest BCUT2D eigenvalue weighted by atomic mass is 10.1. The van der Waals surface area contributed by atoms with E-state index in [1.807, 2.05) is 0 Å². The van der Waals surface area contributed by atoms with Crippen LogP contribution in [0.5, 0.6) is 0 Å². The highest BCUT2D eigenvalue weighted by atomic mass is 35.5. The maximum Gasteiger partial charge on any atom is 0.255 e. The molecular weight excluding hydrogens is 467 g/mol. The standard InChI is InChI=1S/C21H17Cl3N2O3S/c1-30(28,29)26(18-4-2-3-16(22)11-18)13-14-5-7-15(8-6-14)21(27)25-20-12-17(23)9-10-19(20)24/h2-12H,13H2,1H3,(H,25,27). The lowest BCUT2D eigenvalue weighted by molar-refractivity contribution is 0.102. The van der Waals surface area contributed by atoms with Crippen LogP contribution in [0.25, 0.3) is 0 Å². The smallest absolute Gasteiger partial charge is 0.255 e. The van der Waals surface area contributed by atoms with Crippen molar-refractivity contribution in [2.45, 2.75) is 6.54 Å². The summed E-state index contributed by atoms with van der Waals surface area (Å²) in [5, 5.41) is 3.97. The molecule has 3 aromatic rings. The molecule has 0 saturated carbocycles. The van der Waals surface area contributed by atoms with E-state index in [0.717, 1.165) is 6.26 Å². The van der Waals surface area contributed by atoms with Gasteiger partial charge < -0.3 is 5.32 Å². The summed E-state index contributed by atoms with van der Waals surface area (Å²) in [5.41, 5.74) is 1.96. The maximum atomic E-state index is 12.5. The van der Waals surface area contributed by atoms with Crippen molar-refractivity contribution in [2.75, 3.05) is 15.9 Å². The summed E-state index contributed by atoms with van der Waals surface area (Å²) in [6, 6.07) is 18.0. The molecule has 0 atom stereocenters. The first-order valence-electron chi connectivity index (χ1n) is 8.72. The van der Waals surface area contributed by atoms with Crippen molar-refractivity contribution in [2.24, 2.45) is 0 Å². The minimum absolute atomic E-state index is 0.0984. The summed E-state index contributed by atoms with van der Waals surface area (Å²) in [4.78, 5) is 12.5. The quantitative estimate of drug-likeness (QED) is 0.477. The number of amides is 1. The molecule has 9 heteroatoms. The van der Waals surface area contributed by atoms with Gasteiger partial charge in [0, 0.05) is 15.6 Å². The van der Waals surface area contributed by atoms with Crippen LogP contribution in [0, 0.1) is 0 Å². The van der Waals surface area contributed by atoms with E-state index in [0.29, 0.717) is 37.6 Å². The predicted molar refractivity (Wildman–Crippen MR) is 123 cm³/mol. The lowest BCUT2D eigenvalue weighted by Gasteiger charge is -2.22. The number of carbonyl (C=O) groups is 1. The van der Waals surface area contributed by atoms with Gasteiger partial charge in [0.05, 0.1) is 29.2 Å². The van der Waals surface area contributed by atoms with Crippen molar-refractivity contribution in [1.82, 2.24) is 0 Å². The van der Waals surface area contributed by atoms with Crippen molar-refractivity contribution in [1.29, 1.82) is 0 Å². The molecule has 1 N–H and O–H groups in total. The number of rotatable bonds is 6. The molecule has 0 heterocycles. The van der Waals surface area contributed by atoms with Gasteiger partial charge in [-0.2, -0.15) is 0 Å². The van der Waals surface area contributed by atoms with Crippen LogP contribution in [0.4, 0.5) is 11.4 Å². The number of benzene rings is 3. The zero-order valence-corrected chi connectivity index (χ0v) is 18.9. The number of carbonyl (C=O) groups excluding carboxylic acids is 1. The van der Waals surface area contributed by atoms with Crippen LogP contribution < -0.4 is 9.62 Å². The number of nitrogens with zero attached hydrogens (tertiary/aromatic N) is 1. The van der Waals surface area contributed by atoms with Crippen LogP contribution in [0.1, 0.15) is 15.9 Å². The Balaban J connectivity index is 1.78. The molecule has 156 valence electrons. The maximum absolute atomic E-state index is 12.5. The molecular formula is C21H17Cl3N2O3S. The van der Waals surface area contributed by atoms with Gasteiger partial charge >= 0.3 is 0 Å². The third kappa shape index (κ3) is 5.67. The van der Waals surface area contributed by atoms with Gasteiger partial charge in [0.15, 0.2) is 0 Å². The number of halogens is 3. The number of anilines is 2. The van der Waals surface area contributed by atoms with Gasteiger partial charge in [-0.1, -0.05) is 53.0 Å². The van der Waals surface area contributed by atoms with Gasteiger partial charge in [0.2, 0.25) is 10.0 Å². The van der Waals surface area contributed by atoms with Crippen LogP contribution in [0.2, 0.25) is 15.1 Å². The number of sulfonamides is 1. The third-order valence-electron chi connectivity index (χ3n) is 4.22. The van der Waals surface area contributed by atoms with E-state index in [4.69, 9.17) is 34.8 Å². The first kappa shape index (κ1) is 22.4. The molecule has 1 amide bonds. The Morgan fingerprint density at radius 2 is 1.60 bits per heavy atom. The summed E-state index contributed by atoms with van der Waals surface area (Å²) in [6.07, 6.45) is 1.13. The van der Waals surface area contributed by atoms with E-state index in [9.17, 15) is 13.2 Å². The van der Waals surface area contributed by atoms with Crippen molar-refractivity contribution in [3.05, 3.63) is 92.9 Å². The van der Waals surface area contributed by atoms with Gasteiger partial charge in [0.25, 0.3) is 5.91 Å². The van der Waals surface area contributed by atoms with E-state index < -0.39 is 10.0 Å². The van der Waals surface area contributed by atoms with E-state index in [1.165, 1.54) is 4.31 Å². The molecule has 0 aliphatic rings. The lowest BCUT2D eigenvalue weighted by Crippen LogP contribution is -2.29. The van der Waals surface area contributed by atoms with Crippen LogP contribution in [-0.2, 0) is 16.6 Å². The van der Waals surface area contributed by atoms with Crippen molar-refractivity contribution < 1.29 is 13.2 Å². The monoisotopic (exact) mass is 482 g/mol.